The molecule has 0 aliphatic carbocycles. The average Bonchev–Trinajstić information content (AvgIpc) is 3.08. The molecule has 28 heavy (non-hydrogen) atoms. The molecule has 0 aliphatic rings. The molecular weight excluding hydrogens is 381 g/mol. The minimum Gasteiger partial charge on any atom is -0.419 e. The number of hydrogen-bond acceptors (Lipinski definition) is 5. The van der Waals surface area contributed by atoms with Crippen molar-refractivity contribution in [3.63, 3.8) is 0 Å². The van der Waals surface area contributed by atoms with Crippen LogP contribution < -0.4 is 15.8 Å². The van der Waals surface area contributed by atoms with Crippen molar-refractivity contribution in [2.75, 3.05) is 6.54 Å². The van der Waals surface area contributed by atoms with Crippen LogP contribution in [0, 0.1) is 16.6 Å². The highest BCUT2D eigenvalue weighted by Crippen LogP contribution is 2.28. The highest BCUT2D eigenvalue weighted by molar-refractivity contribution is 7.13. The maximum Gasteiger partial charge on any atom is 0.353 e. The Morgan fingerprint density at radius 1 is 1.29 bits per heavy atom. The number of amides is 1. The van der Waals surface area contributed by atoms with Crippen LogP contribution in [0.4, 0.5) is 4.39 Å². The molecule has 2 aromatic rings. The summed E-state index contributed by atoms with van der Waals surface area (Å²) < 4.78 is 19.2. The first-order chi connectivity index (χ1) is 13.1. The van der Waals surface area contributed by atoms with E-state index in [-0.39, 0.29) is 23.1 Å². The van der Waals surface area contributed by atoms with Gasteiger partial charge in [0.2, 0.25) is 5.91 Å². The molecule has 0 saturated carbocycles. The summed E-state index contributed by atoms with van der Waals surface area (Å²) in [6.45, 7) is 6.31. The zero-order valence-electron chi connectivity index (χ0n) is 16.1. The minimum atomic E-state index is -0.772. The molecule has 0 unspecified atom stereocenters. The molecule has 0 bridgehead atoms. The van der Waals surface area contributed by atoms with Gasteiger partial charge in [-0.25, -0.2) is 9.18 Å². The summed E-state index contributed by atoms with van der Waals surface area (Å²) in [7, 11) is 0. The predicted octanol–water partition coefficient (Wildman–Crippen LogP) is 3.49. The number of carbonyl (C=O) groups excluding carboxylic acids is 2. The van der Waals surface area contributed by atoms with Crippen LogP contribution in [0.2, 0.25) is 0 Å². The van der Waals surface area contributed by atoms with E-state index in [1.165, 1.54) is 23.5 Å². The molecule has 2 rings (SSSR count). The van der Waals surface area contributed by atoms with Gasteiger partial charge in [0.05, 0.1) is 0 Å². The van der Waals surface area contributed by atoms with Crippen LogP contribution in [-0.4, -0.2) is 24.3 Å². The van der Waals surface area contributed by atoms with Crippen molar-refractivity contribution in [2.24, 2.45) is 11.1 Å². The maximum absolute atomic E-state index is 14.0. The number of esters is 1. The van der Waals surface area contributed by atoms with Gasteiger partial charge in [-0.1, -0.05) is 20.8 Å². The highest BCUT2D eigenvalue weighted by atomic mass is 32.1. The van der Waals surface area contributed by atoms with Crippen LogP contribution in [0.25, 0.3) is 0 Å². The van der Waals surface area contributed by atoms with Crippen molar-refractivity contribution >= 4 is 29.0 Å². The number of ether oxygens (including phenoxy) is 1. The second-order valence-electron chi connectivity index (χ2n) is 7.03. The SMILES string of the molecule is CCCNC(=O)C(C)(C)Cc1ccc(C(=O)Oc2ccc(C(=N)N)cc2F)s1. The molecule has 0 atom stereocenters. The van der Waals surface area contributed by atoms with Crippen molar-refractivity contribution < 1.29 is 18.7 Å². The van der Waals surface area contributed by atoms with Gasteiger partial charge >= 0.3 is 5.97 Å². The molecule has 8 heteroatoms. The van der Waals surface area contributed by atoms with Crippen molar-refractivity contribution in [1.82, 2.24) is 5.32 Å². The third-order valence-corrected chi connectivity index (χ3v) is 5.14. The fraction of sp³-hybridized carbons (Fsp3) is 0.350. The number of nitrogens with one attached hydrogen (secondary N) is 2. The number of halogens is 1. The van der Waals surface area contributed by atoms with Gasteiger partial charge < -0.3 is 15.8 Å². The third-order valence-electron chi connectivity index (χ3n) is 4.07. The summed E-state index contributed by atoms with van der Waals surface area (Å²) in [4.78, 5) is 25.7. The van der Waals surface area contributed by atoms with Gasteiger partial charge in [0, 0.05) is 22.4 Å². The Hall–Kier alpha value is -2.74. The molecule has 1 aromatic carbocycles. The lowest BCUT2D eigenvalue weighted by Crippen LogP contribution is -2.38. The smallest absolute Gasteiger partial charge is 0.353 e. The van der Waals surface area contributed by atoms with E-state index in [4.69, 9.17) is 15.9 Å². The molecule has 0 spiro atoms. The summed E-state index contributed by atoms with van der Waals surface area (Å²) in [6, 6.07) is 7.09. The number of carbonyl (C=O) groups is 2. The van der Waals surface area contributed by atoms with Crippen LogP contribution in [0.15, 0.2) is 30.3 Å². The van der Waals surface area contributed by atoms with Gasteiger partial charge in [0.15, 0.2) is 11.6 Å². The molecule has 1 heterocycles. The van der Waals surface area contributed by atoms with E-state index in [9.17, 15) is 14.0 Å². The number of benzene rings is 1. The van der Waals surface area contributed by atoms with E-state index in [0.29, 0.717) is 17.8 Å². The van der Waals surface area contributed by atoms with Crippen molar-refractivity contribution in [2.45, 2.75) is 33.6 Å². The Morgan fingerprint density at radius 3 is 2.61 bits per heavy atom. The van der Waals surface area contributed by atoms with Crippen molar-refractivity contribution in [1.29, 1.82) is 5.41 Å². The van der Waals surface area contributed by atoms with Gasteiger partial charge in [-0.3, -0.25) is 10.2 Å². The number of thiophene rings is 1. The lowest BCUT2D eigenvalue weighted by molar-refractivity contribution is -0.129. The summed E-state index contributed by atoms with van der Waals surface area (Å²) in [5, 5.41) is 10.2. The van der Waals surface area contributed by atoms with Crippen LogP contribution >= 0.6 is 11.3 Å². The van der Waals surface area contributed by atoms with Crippen LogP contribution in [0.1, 0.15) is 47.3 Å². The van der Waals surface area contributed by atoms with Gasteiger partial charge in [0.1, 0.15) is 10.7 Å². The Morgan fingerprint density at radius 2 is 2.00 bits per heavy atom. The summed E-state index contributed by atoms with van der Waals surface area (Å²) in [5.74, 6) is -2.00. The molecule has 0 radical (unpaired) electrons. The fourth-order valence-electron chi connectivity index (χ4n) is 2.48. The molecular formula is C20H24FN3O3S. The minimum absolute atomic E-state index is 0.0421. The van der Waals surface area contributed by atoms with E-state index in [1.54, 1.807) is 12.1 Å². The van der Waals surface area contributed by atoms with Gasteiger partial charge in [0.25, 0.3) is 0 Å². The lowest BCUT2D eigenvalue weighted by atomic mass is 9.87. The molecule has 0 fully saturated rings. The van der Waals surface area contributed by atoms with Crippen LogP contribution in [0.5, 0.6) is 5.75 Å². The topological polar surface area (TPSA) is 105 Å². The van der Waals surface area contributed by atoms with Crippen LogP contribution in [0.3, 0.4) is 0 Å². The van der Waals surface area contributed by atoms with E-state index in [2.05, 4.69) is 5.32 Å². The molecule has 1 aromatic heterocycles. The first-order valence-corrected chi connectivity index (χ1v) is 9.69. The Bertz CT molecular complexity index is 893. The lowest BCUT2D eigenvalue weighted by Gasteiger charge is -2.22. The summed E-state index contributed by atoms with van der Waals surface area (Å²) in [5.41, 5.74) is 4.90. The fourth-order valence-corrected chi connectivity index (χ4v) is 3.59. The van der Waals surface area contributed by atoms with Crippen LogP contribution in [-0.2, 0) is 11.2 Å². The summed E-state index contributed by atoms with van der Waals surface area (Å²) in [6.07, 6.45) is 1.34. The Labute approximate surface area is 167 Å². The zero-order valence-corrected chi connectivity index (χ0v) is 16.9. The molecule has 0 saturated heterocycles. The monoisotopic (exact) mass is 405 g/mol. The highest BCUT2D eigenvalue weighted by Gasteiger charge is 2.28. The molecule has 6 nitrogen and oxygen atoms in total. The molecule has 0 aliphatic heterocycles. The quantitative estimate of drug-likeness (QED) is 0.271. The van der Waals surface area contributed by atoms with Gasteiger partial charge in [-0.2, -0.15) is 0 Å². The normalized spacial score (nSPS) is 11.1. The molecule has 150 valence electrons. The maximum atomic E-state index is 14.0. The first kappa shape index (κ1) is 21.6. The summed E-state index contributed by atoms with van der Waals surface area (Å²) >= 11 is 1.21. The van der Waals surface area contributed by atoms with E-state index in [0.717, 1.165) is 17.4 Å². The third kappa shape index (κ3) is 5.39. The molecule has 4 N–H and O–H groups in total. The number of amidine groups is 1. The first-order valence-electron chi connectivity index (χ1n) is 8.87. The predicted molar refractivity (Wildman–Crippen MR) is 107 cm³/mol. The zero-order chi connectivity index (χ0) is 20.9. The van der Waals surface area contributed by atoms with E-state index < -0.39 is 17.2 Å². The number of nitrogens with two attached hydrogens (primary N) is 1. The van der Waals surface area contributed by atoms with Crippen molar-refractivity contribution in [3.8, 4) is 5.75 Å². The van der Waals surface area contributed by atoms with E-state index in [1.807, 2.05) is 20.8 Å². The second-order valence-corrected chi connectivity index (χ2v) is 8.20. The Balaban J connectivity index is 2.06. The number of nitrogen functional groups attached to an aromatic ring is 1. The number of rotatable bonds is 8. The van der Waals surface area contributed by atoms with Crippen molar-refractivity contribution in [3.05, 3.63) is 51.5 Å². The van der Waals surface area contributed by atoms with Gasteiger partial charge in [-0.05, 0) is 43.2 Å². The average molecular weight is 405 g/mol. The van der Waals surface area contributed by atoms with Gasteiger partial charge in [-0.15, -0.1) is 11.3 Å². The second kappa shape index (κ2) is 8.97. The Kier molecular flexibility index (Phi) is 6.90. The molecule has 1 amide bonds. The standard InChI is InChI=1S/C20H24FN3O3S/c1-4-9-24-19(26)20(2,3)11-13-6-8-16(28-13)18(25)27-15-7-5-12(17(22)23)10-14(15)21/h5-8,10H,4,9,11H2,1-3H3,(H3,22,23)(H,24,26). The van der Waals surface area contributed by atoms with E-state index >= 15 is 0 Å². The number of hydrogen-bond donors (Lipinski definition) is 3. The largest absolute Gasteiger partial charge is 0.419 e.